The molecule has 0 radical (unpaired) electrons. The van der Waals surface area contributed by atoms with Crippen molar-refractivity contribution in [2.24, 2.45) is 5.73 Å². The van der Waals surface area contributed by atoms with E-state index in [1.165, 1.54) is 12.1 Å². The number of anilines is 1. The number of rotatable bonds is 3. The summed E-state index contributed by atoms with van der Waals surface area (Å²) in [5.41, 5.74) is 5.67. The van der Waals surface area contributed by atoms with Gasteiger partial charge in [-0.05, 0) is 26.0 Å². The number of nitro groups is 1. The van der Waals surface area contributed by atoms with Gasteiger partial charge in [0.25, 0.3) is 5.69 Å². The van der Waals surface area contributed by atoms with Crippen molar-refractivity contribution in [1.29, 1.82) is 0 Å². The Balaban J connectivity index is 2.40. The lowest BCUT2D eigenvalue weighted by atomic mass is 10.1. The Hall–Kier alpha value is -2.15. The Morgan fingerprint density at radius 1 is 1.40 bits per heavy atom. The topological polar surface area (TPSA) is 98.7 Å². The molecule has 0 saturated carbocycles. The van der Waals surface area contributed by atoms with E-state index in [0.29, 0.717) is 18.8 Å². The molecule has 1 amide bonds. The molecule has 1 aromatic rings. The standard InChI is InChI=1S/C13H17N3O4/c1-8-6-15(7-9(2)20-8)11-4-3-10(13(14)17)5-12(11)16(18)19/h3-5,8-9H,6-7H2,1-2H3,(H2,14,17)/t8-,9-/m0/s1. The van der Waals surface area contributed by atoms with Crippen LogP contribution in [0.1, 0.15) is 24.2 Å². The van der Waals surface area contributed by atoms with E-state index in [2.05, 4.69) is 0 Å². The third kappa shape index (κ3) is 2.88. The SMILES string of the molecule is C[C@H]1CN(c2ccc(C(N)=O)cc2[N+](=O)[O-])C[C@H](C)O1. The molecule has 1 fully saturated rings. The van der Waals surface area contributed by atoms with Crippen molar-refractivity contribution >= 4 is 17.3 Å². The van der Waals surface area contributed by atoms with Gasteiger partial charge in [0.15, 0.2) is 0 Å². The summed E-state index contributed by atoms with van der Waals surface area (Å²) in [7, 11) is 0. The molecule has 1 aliphatic heterocycles. The number of nitrogens with zero attached hydrogens (tertiary/aromatic N) is 2. The summed E-state index contributed by atoms with van der Waals surface area (Å²) in [6, 6.07) is 4.31. The molecule has 0 aromatic heterocycles. The average molecular weight is 279 g/mol. The molecule has 7 heteroatoms. The maximum atomic E-state index is 11.2. The minimum atomic E-state index is -0.677. The smallest absolute Gasteiger partial charge is 0.293 e. The van der Waals surface area contributed by atoms with Crippen molar-refractivity contribution in [2.75, 3.05) is 18.0 Å². The summed E-state index contributed by atoms with van der Waals surface area (Å²) < 4.78 is 5.61. The number of ether oxygens (including phenoxy) is 1. The fourth-order valence-electron chi connectivity index (χ4n) is 2.46. The van der Waals surface area contributed by atoms with Gasteiger partial charge < -0.3 is 15.4 Å². The molecule has 0 aliphatic carbocycles. The van der Waals surface area contributed by atoms with Crippen molar-refractivity contribution in [3.8, 4) is 0 Å². The first-order chi connectivity index (χ1) is 9.38. The van der Waals surface area contributed by atoms with Gasteiger partial charge in [0.1, 0.15) is 5.69 Å². The molecular weight excluding hydrogens is 262 g/mol. The van der Waals surface area contributed by atoms with Gasteiger partial charge in [-0.2, -0.15) is 0 Å². The second-order valence-electron chi connectivity index (χ2n) is 4.99. The van der Waals surface area contributed by atoms with Crippen LogP contribution in [0.3, 0.4) is 0 Å². The zero-order chi connectivity index (χ0) is 14.9. The van der Waals surface area contributed by atoms with E-state index in [-0.39, 0.29) is 23.5 Å². The highest BCUT2D eigenvalue weighted by molar-refractivity contribution is 5.94. The summed E-state index contributed by atoms with van der Waals surface area (Å²) in [6.07, 6.45) is -0.0108. The summed E-state index contributed by atoms with van der Waals surface area (Å²) in [6.45, 7) is 4.99. The molecule has 2 atom stereocenters. The lowest BCUT2D eigenvalue weighted by molar-refractivity contribution is -0.384. The molecular formula is C13H17N3O4. The summed E-state index contributed by atoms with van der Waals surface area (Å²) >= 11 is 0. The Morgan fingerprint density at radius 2 is 2.00 bits per heavy atom. The molecule has 108 valence electrons. The zero-order valence-electron chi connectivity index (χ0n) is 11.4. The third-order valence-corrected chi connectivity index (χ3v) is 3.22. The zero-order valence-corrected chi connectivity index (χ0v) is 11.4. The monoisotopic (exact) mass is 279 g/mol. The maximum absolute atomic E-state index is 11.2. The van der Waals surface area contributed by atoms with E-state index in [0.717, 1.165) is 0 Å². The number of morpholine rings is 1. The Labute approximate surface area is 116 Å². The van der Waals surface area contributed by atoms with E-state index in [9.17, 15) is 14.9 Å². The number of amides is 1. The fraction of sp³-hybridized carbons (Fsp3) is 0.462. The number of nitro benzene ring substituents is 1. The number of carbonyl (C=O) groups excluding carboxylic acids is 1. The van der Waals surface area contributed by atoms with Crippen molar-refractivity contribution in [1.82, 2.24) is 0 Å². The van der Waals surface area contributed by atoms with Crippen LogP contribution >= 0.6 is 0 Å². The lowest BCUT2D eigenvalue weighted by Crippen LogP contribution is -2.45. The molecule has 1 aromatic carbocycles. The van der Waals surface area contributed by atoms with Crippen molar-refractivity contribution in [2.45, 2.75) is 26.1 Å². The van der Waals surface area contributed by atoms with Crippen LogP contribution in [0.15, 0.2) is 18.2 Å². The minimum Gasteiger partial charge on any atom is -0.372 e. The van der Waals surface area contributed by atoms with E-state index in [4.69, 9.17) is 10.5 Å². The third-order valence-electron chi connectivity index (χ3n) is 3.22. The van der Waals surface area contributed by atoms with Gasteiger partial charge in [-0.3, -0.25) is 14.9 Å². The Bertz CT molecular complexity index is 536. The van der Waals surface area contributed by atoms with Gasteiger partial charge in [0.05, 0.1) is 17.1 Å². The molecule has 7 nitrogen and oxygen atoms in total. The van der Waals surface area contributed by atoms with Crippen LogP contribution in [0.2, 0.25) is 0 Å². The lowest BCUT2D eigenvalue weighted by Gasteiger charge is -2.36. The highest BCUT2D eigenvalue weighted by atomic mass is 16.6. The first kappa shape index (κ1) is 14.3. The number of benzene rings is 1. The predicted molar refractivity (Wildman–Crippen MR) is 73.8 cm³/mol. The molecule has 1 saturated heterocycles. The summed E-state index contributed by atoms with van der Waals surface area (Å²) in [4.78, 5) is 23.7. The number of hydrogen-bond acceptors (Lipinski definition) is 5. The van der Waals surface area contributed by atoms with E-state index in [1.807, 2.05) is 18.7 Å². The van der Waals surface area contributed by atoms with Gasteiger partial charge in [0.2, 0.25) is 5.91 Å². The largest absolute Gasteiger partial charge is 0.372 e. The number of carbonyl (C=O) groups is 1. The average Bonchev–Trinajstić information content (AvgIpc) is 2.36. The molecule has 1 aliphatic rings. The molecule has 2 N–H and O–H groups in total. The van der Waals surface area contributed by atoms with Crippen molar-refractivity contribution in [3.63, 3.8) is 0 Å². The van der Waals surface area contributed by atoms with Crippen LogP contribution in [-0.2, 0) is 4.74 Å². The summed E-state index contributed by atoms with van der Waals surface area (Å²) in [5, 5.41) is 11.2. The van der Waals surface area contributed by atoms with Gasteiger partial charge in [0, 0.05) is 24.7 Å². The van der Waals surface area contributed by atoms with Crippen molar-refractivity contribution < 1.29 is 14.5 Å². The molecule has 1 heterocycles. The maximum Gasteiger partial charge on any atom is 0.293 e. The van der Waals surface area contributed by atoms with Gasteiger partial charge in [-0.25, -0.2) is 0 Å². The van der Waals surface area contributed by atoms with Crippen LogP contribution < -0.4 is 10.6 Å². The van der Waals surface area contributed by atoms with Crippen LogP contribution in [0.5, 0.6) is 0 Å². The van der Waals surface area contributed by atoms with E-state index in [1.54, 1.807) is 6.07 Å². The Morgan fingerprint density at radius 3 is 2.50 bits per heavy atom. The first-order valence-electron chi connectivity index (χ1n) is 6.37. The molecule has 0 spiro atoms. The molecule has 20 heavy (non-hydrogen) atoms. The number of hydrogen-bond donors (Lipinski definition) is 1. The van der Waals surface area contributed by atoms with Gasteiger partial charge in [-0.1, -0.05) is 0 Å². The van der Waals surface area contributed by atoms with E-state index >= 15 is 0 Å². The highest BCUT2D eigenvalue weighted by Crippen LogP contribution is 2.31. The van der Waals surface area contributed by atoms with Crippen LogP contribution in [0.4, 0.5) is 11.4 Å². The van der Waals surface area contributed by atoms with E-state index < -0.39 is 10.8 Å². The fourth-order valence-corrected chi connectivity index (χ4v) is 2.46. The molecule has 0 bridgehead atoms. The second-order valence-corrected chi connectivity index (χ2v) is 4.99. The quantitative estimate of drug-likeness (QED) is 0.664. The van der Waals surface area contributed by atoms with Crippen LogP contribution in [0.25, 0.3) is 0 Å². The minimum absolute atomic E-state index is 0.00540. The Kier molecular flexibility index (Phi) is 3.89. The van der Waals surface area contributed by atoms with Crippen LogP contribution in [-0.4, -0.2) is 36.1 Å². The second kappa shape index (κ2) is 5.46. The predicted octanol–water partition coefficient (Wildman–Crippen LogP) is 1.31. The van der Waals surface area contributed by atoms with Crippen LogP contribution in [0, 0.1) is 10.1 Å². The molecule has 2 rings (SSSR count). The number of primary amides is 1. The van der Waals surface area contributed by atoms with Gasteiger partial charge in [-0.15, -0.1) is 0 Å². The first-order valence-corrected chi connectivity index (χ1v) is 6.37. The summed E-state index contributed by atoms with van der Waals surface area (Å²) in [5.74, 6) is -0.677. The van der Waals surface area contributed by atoms with Crippen molar-refractivity contribution in [3.05, 3.63) is 33.9 Å². The highest BCUT2D eigenvalue weighted by Gasteiger charge is 2.27. The molecule has 0 unspecified atom stereocenters. The normalized spacial score (nSPS) is 22.6. The van der Waals surface area contributed by atoms with Gasteiger partial charge >= 0.3 is 0 Å². The number of nitrogens with two attached hydrogens (primary N) is 1.